The van der Waals surface area contributed by atoms with E-state index < -0.39 is 0 Å². The normalized spacial score (nSPS) is 12.2. The van der Waals surface area contributed by atoms with Crippen LogP contribution >= 0.6 is 11.3 Å². The van der Waals surface area contributed by atoms with Crippen LogP contribution < -0.4 is 4.74 Å². The maximum atomic E-state index is 6.63. The molecule has 5 heterocycles. The minimum absolute atomic E-state index is 0.0109. The van der Waals surface area contributed by atoms with Gasteiger partial charge in [0, 0.05) is 40.9 Å². The van der Waals surface area contributed by atoms with Gasteiger partial charge in [0.2, 0.25) is 0 Å². The van der Waals surface area contributed by atoms with Gasteiger partial charge in [0.25, 0.3) is 0 Å². The Bertz CT molecular complexity index is 2270. The first-order valence-corrected chi connectivity index (χ1v) is 14.7. The summed E-state index contributed by atoms with van der Waals surface area (Å²) in [7, 11) is 0. The van der Waals surface area contributed by atoms with Gasteiger partial charge in [-0.25, -0.2) is 9.97 Å². The maximum absolute atomic E-state index is 6.63. The minimum atomic E-state index is 0.0109. The summed E-state index contributed by atoms with van der Waals surface area (Å²) >= 11 is 1.71. The predicted molar refractivity (Wildman–Crippen MR) is 171 cm³/mol. The Morgan fingerprint density at radius 1 is 0.738 bits per heavy atom. The topological polar surface area (TPSA) is 57.2 Å². The van der Waals surface area contributed by atoms with E-state index in [4.69, 9.17) is 9.72 Å². The fraction of sp³-hybridized carbons (Fsp3) is 0.114. The average Bonchev–Trinajstić information content (AvgIpc) is 3.69. The van der Waals surface area contributed by atoms with Gasteiger partial charge in [0.05, 0.1) is 33.1 Å². The fourth-order valence-electron chi connectivity index (χ4n) is 5.69. The number of rotatable bonds is 4. The molecule has 0 radical (unpaired) electrons. The van der Waals surface area contributed by atoms with Crippen molar-refractivity contribution in [3.63, 3.8) is 0 Å². The second kappa shape index (κ2) is 9.26. The number of aromatic nitrogens is 5. The van der Waals surface area contributed by atoms with E-state index in [1.54, 1.807) is 11.3 Å². The Balaban J connectivity index is 1.30. The molecule has 5 aromatic heterocycles. The third-order valence-corrected chi connectivity index (χ3v) is 8.92. The van der Waals surface area contributed by atoms with Crippen molar-refractivity contribution in [1.82, 2.24) is 23.9 Å². The van der Waals surface area contributed by atoms with Crippen LogP contribution in [0, 0.1) is 0 Å². The molecule has 0 aliphatic carbocycles. The second-order valence-electron chi connectivity index (χ2n) is 11.5. The highest BCUT2D eigenvalue weighted by atomic mass is 32.1. The Morgan fingerprint density at radius 3 is 2.43 bits per heavy atom. The first-order chi connectivity index (χ1) is 20.4. The van der Waals surface area contributed by atoms with Crippen molar-refractivity contribution in [2.24, 2.45) is 0 Å². The number of benzene rings is 3. The number of hydrogen-bond donors (Lipinski definition) is 0. The zero-order chi connectivity index (χ0) is 28.4. The molecule has 0 aliphatic rings. The third-order valence-electron chi connectivity index (χ3n) is 7.78. The van der Waals surface area contributed by atoms with Gasteiger partial charge < -0.3 is 4.74 Å². The molecule has 3 aromatic carbocycles. The van der Waals surface area contributed by atoms with Crippen LogP contribution in [0.2, 0.25) is 0 Å². The molecule has 0 amide bonds. The highest BCUT2D eigenvalue weighted by Crippen LogP contribution is 2.40. The molecule has 42 heavy (non-hydrogen) atoms. The van der Waals surface area contributed by atoms with Crippen LogP contribution in [-0.2, 0) is 5.41 Å². The molecule has 6 nitrogen and oxygen atoms in total. The van der Waals surface area contributed by atoms with Crippen LogP contribution in [0.15, 0.2) is 110 Å². The highest BCUT2D eigenvalue weighted by Gasteiger charge is 2.19. The SMILES string of the molecule is CC(C)(C)c1ccnc(-n2c3ccccc3c3ccc(Oc4cc(-c5ccccn5)c5sc6cncn6c5c4)cc32)c1. The summed E-state index contributed by atoms with van der Waals surface area (Å²) in [5, 5.41) is 2.34. The Kier molecular flexibility index (Phi) is 5.46. The Hall–Kier alpha value is -5.01. The van der Waals surface area contributed by atoms with Crippen molar-refractivity contribution in [3.8, 4) is 28.6 Å². The average molecular weight is 566 g/mol. The van der Waals surface area contributed by atoms with Crippen LogP contribution in [-0.4, -0.2) is 23.9 Å². The second-order valence-corrected chi connectivity index (χ2v) is 12.6. The molecule has 7 heteroatoms. The third kappa shape index (κ3) is 3.96. The number of nitrogens with zero attached hydrogens (tertiary/aromatic N) is 5. The summed E-state index contributed by atoms with van der Waals surface area (Å²) in [4.78, 5) is 14.9. The summed E-state index contributed by atoms with van der Waals surface area (Å²) < 4.78 is 12.1. The maximum Gasteiger partial charge on any atom is 0.137 e. The van der Waals surface area contributed by atoms with Gasteiger partial charge in [0.1, 0.15) is 28.5 Å². The molecule has 0 spiro atoms. The standard InChI is InChI=1S/C35H27N5OS/c1-35(2,3)22-13-15-38-32(16-22)40-29-10-5-4-8-25(29)26-12-11-23(18-30(26)40)41-24-17-27(28-9-6-7-14-37-28)34-31(19-24)39-21-36-20-33(39)42-34/h4-21H,1-3H3. The predicted octanol–water partition coefficient (Wildman–Crippen LogP) is 9.19. The summed E-state index contributed by atoms with van der Waals surface area (Å²) in [6.45, 7) is 6.68. The highest BCUT2D eigenvalue weighted by molar-refractivity contribution is 7.24. The van der Waals surface area contributed by atoms with Gasteiger partial charge in [-0.05, 0) is 59.5 Å². The lowest BCUT2D eigenvalue weighted by atomic mass is 9.88. The van der Waals surface area contributed by atoms with E-state index in [9.17, 15) is 0 Å². The van der Waals surface area contributed by atoms with Crippen molar-refractivity contribution in [3.05, 3.63) is 115 Å². The Morgan fingerprint density at radius 2 is 1.57 bits per heavy atom. The molecule has 0 unspecified atom stereocenters. The number of ether oxygens (including phenoxy) is 1. The zero-order valence-electron chi connectivity index (χ0n) is 23.4. The van der Waals surface area contributed by atoms with Gasteiger partial charge in [-0.15, -0.1) is 11.3 Å². The zero-order valence-corrected chi connectivity index (χ0v) is 24.3. The molecule has 0 N–H and O–H groups in total. The molecule has 8 rings (SSSR count). The molecule has 0 bridgehead atoms. The van der Waals surface area contributed by atoms with Crippen molar-refractivity contribution < 1.29 is 4.74 Å². The summed E-state index contributed by atoms with van der Waals surface area (Å²) in [6.07, 6.45) is 7.47. The molecule has 204 valence electrons. The molecular weight excluding hydrogens is 538 g/mol. The van der Waals surface area contributed by atoms with E-state index in [0.717, 1.165) is 60.0 Å². The summed E-state index contributed by atoms with van der Waals surface area (Å²) in [5.74, 6) is 2.39. The largest absolute Gasteiger partial charge is 0.457 e. The Labute approximate surface area is 246 Å². The van der Waals surface area contributed by atoms with Crippen LogP contribution in [0.1, 0.15) is 26.3 Å². The molecule has 8 aromatic rings. The van der Waals surface area contributed by atoms with Crippen LogP contribution in [0.3, 0.4) is 0 Å². The lowest BCUT2D eigenvalue weighted by molar-refractivity contribution is 0.484. The molecule has 0 aliphatic heterocycles. The number of para-hydroxylation sites is 1. The molecule has 0 saturated heterocycles. The van der Waals surface area contributed by atoms with E-state index >= 15 is 0 Å². The number of imidazole rings is 1. The van der Waals surface area contributed by atoms with Gasteiger partial charge in [-0.1, -0.05) is 45.0 Å². The monoisotopic (exact) mass is 565 g/mol. The van der Waals surface area contributed by atoms with Crippen LogP contribution in [0.4, 0.5) is 0 Å². The number of fused-ring (bicyclic) bond motifs is 6. The lowest BCUT2D eigenvalue weighted by Crippen LogP contribution is -2.12. The van der Waals surface area contributed by atoms with Crippen molar-refractivity contribution in [2.45, 2.75) is 26.2 Å². The number of hydrogen-bond acceptors (Lipinski definition) is 5. The summed E-state index contributed by atoms with van der Waals surface area (Å²) in [6, 6.07) is 29.2. The van der Waals surface area contributed by atoms with Crippen molar-refractivity contribution >= 4 is 48.2 Å². The van der Waals surface area contributed by atoms with E-state index in [-0.39, 0.29) is 5.41 Å². The number of pyridine rings is 2. The number of thiazole rings is 1. The van der Waals surface area contributed by atoms with E-state index in [1.807, 2.05) is 49.2 Å². The first kappa shape index (κ1) is 24.8. The van der Waals surface area contributed by atoms with E-state index in [0.29, 0.717) is 0 Å². The van der Waals surface area contributed by atoms with Crippen LogP contribution in [0.25, 0.3) is 53.9 Å². The lowest BCUT2D eigenvalue weighted by Gasteiger charge is -2.20. The fourth-order valence-corrected chi connectivity index (χ4v) is 6.79. The van der Waals surface area contributed by atoms with Gasteiger partial charge in [-0.2, -0.15) is 0 Å². The molecule has 0 atom stereocenters. The van der Waals surface area contributed by atoms with E-state index in [1.165, 1.54) is 10.9 Å². The smallest absolute Gasteiger partial charge is 0.137 e. The van der Waals surface area contributed by atoms with Crippen molar-refractivity contribution in [1.29, 1.82) is 0 Å². The first-order valence-electron chi connectivity index (χ1n) is 13.9. The molecule has 0 fully saturated rings. The van der Waals surface area contributed by atoms with Gasteiger partial charge >= 0.3 is 0 Å². The van der Waals surface area contributed by atoms with Crippen molar-refractivity contribution in [2.75, 3.05) is 0 Å². The molecular formula is C35H27N5OS. The molecule has 0 saturated carbocycles. The van der Waals surface area contributed by atoms with Gasteiger partial charge in [-0.3, -0.25) is 14.0 Å². The quantitative estimate of drug-likeness (QED) is 0.213. The van der Waals surface area contributed by atoms with Crippen LogP contribution in [0.5, 0.6) is 11.5 Å². The minimum Gasteiger partial charge on any atom is -0.457 e. The summed E-state index contributed by atoms with van der Waals surface area (Å²) in [5.41, 5.74) is 6.40. The van der Waals surface area contributed by atoms with E-state index in [2.05, 4.69) is 100 Å². The van der Waals surface area contributed by atoms with Gasteiger partial charge in [0.15, 0.2) is 0 Å².